The number of aromatic nitrogens is 2. The minimum atomic E-state index is 0.118. The summed E-state index contributed by atoms with van der Waals surface area (Å²) in [6.07, 6.45) is 7.12. The minimum absolute atomic E-state index is 0.118. The van der Waals surface area contributed by atoms with Crippen LogP contribution in [0.1, 0.15) is 29.3 Å². The molecule has 0 aliphatic rings. The molecular formula is C14H17ClN2. The predicted octanol–water partition coefficient (Wildman–Crippen LogP) is 3.72. The molecule has 2 rings (SSSR count). The van der Waals surface area contributed by atoms with Gasteiger partial charge in [0.15, 0.2) is 0 Å². The molecule has 3 heteroatoms. The number of nitrogens with zero attached hydrogens (tertiary/aromatic N) is 2. The average molecular weight is 249 g/mol. The van der Waals surface area contributed by atoms with E-state index in [2.05, 4.69) is 23.4 Å². The smallest absolute Gasteiger partial charge is 0.0585 e. The first-order valence-corrected chi connectivity index (χ1v) is 6.36. The first kappa shape index (κ1) is 12.2. The van der Waals surface area contributed by atoms with E-state index >= 15 is 0 Å². The Morgan fingerprint density at radius 1 is 1.29 bits per heavy atom. The van der Waals surface area contributed by atoms with Gasteiger partial charge in [0.2, 0.25) is 0 Å². The fourth-order valence-electron chi connectivity index (χ4n) is 1.91. The van der Waals surface area contributed by atoms with E-state index in [1.807, 2.05) is 36.1 Å². The summed E-state index contributed by atoms with van der Waals surface area (Å²) in [5.41, 5.74) is 2.49. The topological polar surface area (TPSA) is 17.8 Å². The summed E-state index contributed by atoms with van der Waals surface area (Å²) in [6.45, 7) is 0. The predicted molar refractivity (Wildman–Crippen MR) is 71.2 cm³/mol. The maximum Gasteiger partial charge on any atom is 0.0585 e. The molecule has 0 radical (unpaired) electrons. The molecule has 1 heterocycles. The number of rotatable bonds is 5. The van der Waals surface area contributed by atoms with Crippen LogP contribution in [-0.4, -0.2) is 9.78 Å². The van der Waals surface area contributed by atoms with Crippen LogP contribution in [0, 0.1) is 0 Å². The van der Waals surface area contributed by atoms with Gasteiger partial charge in [0.25, 0.3) is 0 Å². The molecule has 2 aromatic rings. The van der Waals surface area contributed by atoms with Crippen molar-refractivity contribution < 1.29 is 0 Å². The Bertz CT molecular complexity index is 450. The van der Waals surface area contributed by atoms with Gasteiger partial charge in [-0.3, -0.25) is 4.68 Å². The van der Waals surface area contributed by atoms with E-state index in [4.69, 9.17) is 11.6 Å². The molecule has 0 fully saturated rings. The normalized spacial score (nSPS) is 12.6. The number of alkyl halides is 1. The Kier molecular flexibility index (Phi) is 4.21. The fraction of sp³-hybridized carbons (Fsp3) is 0.357. The van der Waals surface area contributed by atoms with Crippen LogP contribution in [0.2, 0.25) is 0 Å². The van der Waals surface area contributed by atoms with Crippen LogP contribution >= 0.6 is 11.6 Å². The number of benzene rings is 1. The van der Waals surface area contributed by atoms with Crippen molar-refractivity contribution in [1.82, 2.24) is 9.78 Å². The minimum Gasteiger partial charge on any atom is -0.276 e. The van der Waals surface area contributed by atoms with Crippen molar-refractivity contribution in [3.63, 3.8) is 0 Å². The van der Waals surface area contributed by atoms with Crippen LogP contribution in [0.3, 0.4) is 0 Å². The van der Waals surface area contributed by atoms with Crippen molar-refractivity contribution in [1.29, 1.82) is 0 Å². The van der Waals surface area contributed by atoms with Crippen molar-refractivity contribution in [3.05, 3.63) is 53.9 Å². The van der Waals surface area contributed by atoms with Crippen LogP contribution in [0.25, 0.3) is 0 Å². The first-order chi connectivity index (χ1) is 8.25. The maximum absolute atomic E-state index is 6.36. The average Bonchev–Trinajstić information content (AvgIpc) is 2.76. The van der Waals surface area contributed by atoms with Crippen LogP contribution in [0.5, 0.6) is 0 Å². The third-order valence-corrected chi connectivity index (χ3v) is 3.31. The van der Waals surface area contributed by atoms with Gasteiger partial charge in [-0.2, -0.15) is 5.10 Å². The molecule has 0 aliphatic carbocycles. The van der Waals surface area contributed by atoms with Gasteiger partial charge < -0.3 is 0 Å². The largest absolute Gasteiger partial charge is 0.276 e. The Morgan fingerprint density at radius 2 is 2.06 bits per heavy atom. The van der Waals surface area contributed by atoms with Crippen molar-refractivity contribution in [2.24, 2.45) is 7.05 Å². The maximum atomic E-state index is 6.36. The van der Waals surface area contributed by atoms with E-state index < -0.39 is 0 Å². The van der Waals surface area contributed by atoms with Gasteiger partial charge in [-0.05, 0) is 30.4 Å². The zero-order chi connectivity index (χ0) is 12.1. The van der Waals surface area contributed by atoms with Gasteiger partial charge in [0, 0.05) is 13.2 Å². The molecule has 90 valence electrons. The number of hydrogen-bond donors (Lipinski definition) is 0. The lowest BCUT2D eigenvalue weighted by Gasteiger charge is -2.08. The van der Waals surface area contributed by atoms with E-state index in [1.54, 1.807) is 0 Å². The molecule has 17 heavy (non-hydrogen) atoms. The van der Waals surface area contributed by atoms with Gasteiger partial charge in [0.05, 0.1) is 11.6 Å². The number of aryl methyl sites for hydroxylation is 2. The van der Waals surface area contributed by atoms with E-state index in [-0.39, 0.29) is 5.38 Å². The summed E-state index contributed by atoms with van der Waals surface area (Å²) in [7, 11) is 1.94. The van der Waals surface area contributed by atoms with Crippen molar-refractivity contribution in [3.8, 4) is 0 Å². The quantitative estimate of drug-likeness (QED) is 0.738. The molecule has 1 aromatic carbocycles. The molecule has 0 N–H and O–H groups in total. The summed E-state index contributed by atoms with van der Waals surface area (Å²) in [5.74, 6) is 0. The highest BCUT2D eigenvalue weighted by atomic mass is 35.5. The first-order valence-electron chi connectivity index (χ1n) is 5.92. The SMILES string of the molecule is Cn1cc(CCCC(Cl)c2ccccc2)cn1. The highest BCUT2D eigenvalue weighted by Gasteiger charge is 2.07. The highest BCUT2D eigenvalue weighted by molar-refractivity contribution is 6.20. The van der Waals surface area contributed by atoms with Gasteiger partial charge in [-0.1, -0.05) is 30.3 Å². The van der Waals surface area contributed by atoms with Crippen LogP contribution in [0.4, 0.5) is 0 Å². The summed E-state index contributed by atoms with van der Waals surface area (Å²) in [5, 5.41) is 4.27. The molecule has 0 aliphatic heterocycles. The van der Waals surface area contributed by atoms with E-state index in [9.17, 15) is 0 Å². The van der Waals surface area contributed by atoms with E-state index in [0.29, 0.717) is 0 Å². The molecule has 2 nitrogen and oxygen atoms in total. The third-order valence-electron chi connectivity index (χ3n) is 2.84. The second-order valence-corrected chi connectivity index (χ2v) is 4.82. The molecule has 1 aromatic heterocycles. The Morgan fingerprint density at radius 3 is 2.71 bits per heavy atom. The molecule has 0 saturated heterocycles. The summed E-state index contributed by atoms with van der Waals surface area (Å²) < 4.78 is 1.84. The number of halogens is 1. The Hall–Kier alpha value is -1.28. The van der Waals surface area contributed by atoms with E-state index in [0.717, 1.165) is 19.3 Å². The Balaban J connectivity index is 1.79. The summed E-state index contributed by atoms with van der Waals surface area (Å²) >= 11 is 6.36. The van der Waals surface area contributed by atoms with Gasteiger partial charge in [-0.15, -0.1) is 11.6 Å². The monoisotopic (exact) mass is 248 g/mol. The van der Waals surface area contributed by atoms with Gasteiger partial charge in [0.1, 0.15) is 0 Å². The lowest BCUT2D eigenvalue weighted by molar-refractivity contribution is 0.714. The lowest BCUT2D eigenvalue weighted by atomic mass is 10.1. The second kappa shape index (κ2) is 5.87. The van der Waals surface area contributed by atoms with E-state index in [1.165, 1.54) is 11.1 Å². The summed E-state index contributed by atoms with van der Waals surface area (Å²) in [4.78, 5) is 0. The van der Waals surface area contributed by atoms with Gasteiger partial charge >= 0.3 is 0 Å². The van der Waals surface area contributed by atoms with Crippen LogP contribution in [0.15, 0.2) is 42.7 Å². The molecule has 0 amide bonds. The second-order valence-electron chi connectivity index (χ2n) is 4.29. The van der Waals surface area contributed by atoms with Crippen molar-refractivity contribution in [2.75, 3.05) is 0 Å². The third kappa shape index (κ3) is 3.60. The molecule has 0 spiro atoms. The summed E-state index contributed by atoms with van der Waals surface area (Å²) in [6, 6.07) is 10.3. The Labute approximate surface area is 107 Å². The highest BCUT2D eigenvalue weighted by Crippen LogP contribution is 2.25. The van der Waals surface area contributed by atoms with Crippen molar-refractivity contribution in [2.45, 2.75) is 24.6 Å². The molecule has 0 saturated carbocycles. The van der Waals surface area contributed by atoms with Crippen molar-refractivity contribution >= 4 is 11.6 Å². The molecule has 1 unspecified atom stereocenters. The molecule has 0 bridgehead atoms. The number of hydrogen-bond acceptors (Lipinski definition) is 1. The van der Waals surface area contributed by atoms with Crippen LogP contribution < -0.4 is 0 Å². The molecule has 1 atom stereocenters. The lowest BCUT2D eigenvalue weighted by Crippen LogP contribution is -1.92. The molecular weight excluding hydrogens is 232 g/mol. The van der Waals surface area contributed by atoms with Gasteiger partial charge in [-0.25, -0.2) is 0 Å². The standard InChI is InChI=1S/C14H17ClN2/c1-17-11-12(10-16-17)6-5-9-14(15)13-7-3-2-4-8-13/h2-4,7-8,10-11,14H,5-6,9H2,1H3. The van der Waals surface area contributed by atoms with Crippen LogP contribution in [-0.2, 0) is 13.5 Å². The zero-order valence-electron chi connectivity index (χ0n) is 10.0. The fourth-order valence-corrected chi connectivity index (χ4v) is 2.21. The zero-order valence-corrected chi connectivity index (χ0v) is 10.8.